The lowest BCUT2D eigenvalue weighted by Gasteiger charge is -2.36. The molecule has 15 heteroatoms. The van der Waals surface area contributed by atoms with Gasteiger partial charge >= 0.3 is 6.01 Å². The van der Waals surface area contributed by atoms with Crippen LogP contribution in [0, 0.1) is 5.82 Å². The summed E-state index contributed by atoms with van der Waals surface area (Å²) >= 11 is 0. The number of imide groups is 1. The van der Waals surface area contributed by atoms with E-state index in [0.29, 0.717) is 60.5 Å². The van der Waals surface area contributed by atoms with E-state index < -0.39 is 17.8 Å². The summed E-state index contributed by atoms with van der Waals surface area (Å²) < 4.78 is 23.2. The van der Waals surface area contributed by atoms with Crippen LogP contribution in [-0.4, -0.2) is 118 Å². The Morgan fingerprint density at radius 2 is 1.75 bits per heavy atom. The molecular formula is C44H46FN9O5. The highest BCUT2D eigenvalue weighted by atomic mass is 19.1. The van der Waals surface area contributed by atoms with Crippen molar-refractivity contribution in [2.24, 2.45) is 0 Å². The van der Waals surface area contributed by atoms with Crippen molar-refractivity contribution in [3.8, 4) is 23.0 Å². The molecule has 5 aliphatic rings. The normalized spacial score (nSPS) is 22.1. The molecule has 0 saturated carbocycles. The lowest BCUT2D eigenvalue weighted by molar-refractivity contribution is -0.136. The van der Waals surface area contributed by atoms with E-state index in [-0.39, 0.29) is 41.2 Å². The number of benzene rings is 3. The Kier molecular flexibility index (Phi) is 9.51. The molecule has 3 unspecified atom stereocenters. The Morgan fingerprint density at radius 1 is 0.932 bits per heavy atom. The number of anilines is 2. The number of piperazine rings is 2. The van der Waals surface area contributed by atoms with E-state index in [1.165, 1.54) is 0 Å². The highest BCUT2D eigenvalue weighted by Crippen LogP contribution is 2.39. The molecule has 7 heterocycles. The Balaban J connectivity index is 0.853. The second-order valence-corrected chi connectivity index (χ2v) is 16.3. The number of fused-ring (bicyclic) bond motifs is 5. The van der Waals surface area contributed by atoms with Crippen LogP contribution in [0.4, 0.5) is 15.9 Å². The molecule has 0 spiro atoms. The quantitative estimate of drug-likeness (QED) is 0.184. The van der Waals surface area contributed by atoms with Crippen molar-refractivity contribution in [3.63, 3.8) is 0 Å². The number of nitrogens with zero attached hydrogens (tertiary/aromatic N) is 7. The molecule has 5 aliphatic heterocycles. The second kappa shape index (κ2) is 15.0. The zero-order chi connectivity index (χ0) is 40.4. The van der Waals surface area contributed by atoms with Gasteiger partial charge in [-0.1, -0.05) is 25.1 Å². The second-order valence-electron chi connectivity index (χ2n) is 16.3. The number of halogens is 1. The maximum absolute atomic E-state index is 17.0. The van der Waals surface area contributed by atoms with E-state index in [2.05, 4.69) is 42.2 Å². The number of nitrogens with one attached hydrogen (secondary N) is 2. The van der Waals surface area contributed by atoms with Gasteiger partial charge in [0.05, 0.1) is 5.39 Å². The zero-order valence-electron chi connectivity index (χ0n) is 32.9. The van der Waals surface area contributed by atoms with Crippen molar-refractivity contribution < 1.29 is 28.6 Å². The molecule has 5 aromatic rings. The van der Waals surface area contributed by atoms with Gasteiger partial charge in [-0.2, -0.15) is 9.97 Å². The number of hydrogen-bond acceptors (Lipinski definition) is 12. The SMILES string of the molecule is CCc1cccc2cc(O)cc(-c3ncc4c(N5CC6CCC(C5)N6)nc(OCCN5CCN(c6ccc7c(c6)CN(C6CCC(=O)NC6=O)C7=O)CC5)nc4c3F)c12. The van der Waals surface area contributed by atoms with Crippen molar-refractivity contribution in [3.05, 3.63) is 77.2 Å². The van der Waals surface area contributed by atoms with Gasteiger partial charge in [0.25, 0.3) is 5.91 Å². The number of aromatic nitrogens is 3. The van der Waals surface area contributed by atoms with Gasteiger partial charge in [-0.05, 0) is 77.9 Å². The predicted octanol–water partition coefficient (Wildman–Crippen LogP) is 4.15. The van der Waals surface area contributed by atoms with Gasteiger partial charge in [-0.25, -0.2) is 4.39 Å². The molecular weight excluding hydrogens is 754 g/mol. The van der Waals surface area contributed by atoms with Crippen LogP contribution in [-0.2, 0) is 22.6 Å². The minimum absolute atomic E-state index is 0.0358. The summed E-state index contributed by atoms with van der Waals surface area (Å²) in [6.07, 6.45) is 5.11. The fraction of sp³-hybridized carbons (Fsp3) is 0.409. The summed E-state index contributed by atoms with van der Waals surface area (Å²) in [5.41, 5.74) is 4.31. The average Bonchev–Trinajstić information content (AvgIpc) is 3.76. The first-order valence-corrected chi connectivity index (χ1v) is 20.7. The number of piperidine rings is 1. The molecule has 0 aliphatic carbocycles. The molecule has 3 N–H and O–H groups in total. The summed E-state index contributed by atoms with van der Waals surface area (Å²) in [5.74, 6) is -0.823. The monoisotopic (exact) mass is 799 g/mol. The lowest BCUT2D eigenvalue weighted by atomic mass is 9.95. The van der Waals surface area contributed by atoms with Gasteiger partial charge in [0.1, 0.15) is 35.4 Å². The molecule has 2 aromatic heterocycles. The molecule has 2 bridgehead atoms. The van der Waals surface area contributed by atoms with Crippen molar-refractivity contribution in [2.45, 2.75) is 63.7 Å². The molecule has 14 nitrogen and oxygen atoms in total. The third-order valence-corrected chi connectivity index (χ3v) is 12.7. The van der Waals surface area contributed by atoms with Crippen LogP contribution in [0.25, 0.3) is 32.9 Å². The van der Waals surface area contributed by atoms with Gasteiger partial charge in [0, 0.05) is 93.9 Å². The van der Waals surface area contributed by atoms with Gasteiger partial charge in [0.15, 0.2) is 5.82 Å². The van der Waals surface area contributed by atoms with Gasteiger partial charge < -0.3 is 29.9 Å². The first kappa shape index (κ1) is 37.3. The summed E-state index contributed by atoms with van der Waals surface area (Å²) in [5, 5.41) is 18.9. The van der Waals surface area contributed by atoms with Crippen molar-refractivity contribution in [1.29, 1.82) is 0 Å². The van der Waals surface area contributed by atoms with Crippen LogP contribution in [0.15, 0.2) is 54.7 Å². The average molecular weight is 800 g/mol. The number of carbonyl (C=O) groups is 3. The van der Waals surface area contributed by atoms with Crippen LogP contribution >= 0.6 is 0 Å². The number of phenols is 1. The van der Waals surface area contributed by atoms with Crippen molar-refractivity contribution in [1.82, 2.24) is 35.4 Å². The molecule has 3 amide bonds. The molecule has 4 fully saturated rings. The number of rotatable bonds is 9. The minimum Gasteiger partial charge on any atom is -0.508 e. The summed E-state index contributed by atoms with van der Waals surface area (Å²) in [6, 6.07) is 15.1. The molecule has 3 aromatic carbocycles. The third kappa shape index (κ3) is 6.85. The summed E-state index contributed by atoms with van der Waals surface area (Å²) in [6.45, 7) is 7.94. The zero-order valence-corrected chi connectivity index (χ0v) is 32.9. The van der Waals surface area contributed by atoms with Crippen LogP contribution in [0.1, 0.15) is 54.1 Å². The number of amides is 3. The van der Waals surface area contributed by atoms with Crippen LogP contribution in [0.2, 0.25) is 0 Å². The van der Waals surface area contributed by atoms with Gasteiger partial charge in [0.2, 0.25) is 11.8 Å². The highest BCUT2D eigenvalue weighted by molar-refractivity contribution is 6.06. The van der Waals surface area contributed by atoms with E-state index in [4.69, 9.17) is 9.72 Å². The molecule has 0 radical (unpaired) electrons. The largest absolute Gasteiger partial charge is 0.508 e. The fourth-order valence-electron chi connectivity index (χ4n) is 9.71. The number of ether oxygens (including phenoxy) is 1. The Bertz CT molecular complexity index is 2510. The van der Waals surface area contributed by atoms with Gasteiger partial charge in [-0.15, -0.1) is 0 Å². The third-order valence-electron chi connectivity index (χ3n) is 12.7. The van der Waals surface area contributed by atoms with Crippen LogP contribution < -0.4 is 25.2 Å². The van der Waals surface area contributed by atoms with E-state index in [1.54, 1.807) is 23.2 Å². The van der Waals surface area contributed by atoms with E-state index in [9.17, 15) is 19.5 Å². The molecule has 59 heavy (non-hydrogen) atoms. The minimum atomic E-state index is -0.640. The number of carbonyl (C=O) groups excluding carboxylic acids is 3. The smallest absolute Gasteiger partial charge is 0.319 e. The van der Waals surface area contributed by atoms with Crippen LogP contribution in [0.3, 0.4) is 0 Å². The number of hydrogen-bond donors (Lipinski definition) is 3. The number of phenolic OH excluding ortho intramolecular Hbond substituents is 1. The maximum atomic E-state index is 17.0. The molecule has 3 atom stereocenters. The van der Waals surface area contributed by atoms with Crippen LogP contribution in [0.5, 0.6) is 11.8 Å². The Hall–Kier alpha value is -5.93. The topological polar surface area (TPSA) is 156 Å². The first-order chi connectivity index (χ1) is 28.7. The summed E-state index contributed by atoms with van der Waals surface area (Å²) in [7, 11) is 0. The summed E-state index contributed by atoms with van der Waals surface area (Å²) in [4.78, 5) is 60.0. The standard InChI is InChI=1S/C44H46FN9O5/c1-2-25-4-3-5-26-19-31(55)20-33(37(25)26)39-38(45)40-34(21-46-39)41(53-23-28-6-7-29(24-53)47-28)50-44(49-40)59-17-16-51-12-14-52(15-13-51)30-8-9-32-27(18-30)22-54(43(32)58)35-10-11-36(56)48-42(35)57/h3-5,8-9,18-21,28-29,35,47,55H,2,6-7,10-17,22-24H2,1H3,(H,48,56,57). The lowest BCUT2D eigenvalue weighted by Crippen LogP contribution is -2.52. The van der Waals surface area contributed by atoms with Crippen molar-refractivity contribution in [2.75, 3.05) is 62.2 Å². The van der Waals surface area contributed by atoms with E-state index >= 15 is 4.39 Å². The predicted molar refractivity (Wildman–Crippen MR) is 220 cm³/mol. The Morgan fingerprint density at radius 3 is 2.53 bits per heavy atom. The highest BCUT2D eigenvalue weighted by Gasteiger charge is 2.39. The van der Waals surface area contributed by atoms with E-state index in [0.717, 1.165) is 86.1 Å². The molecule has 10 rings (SSSR count). The Labute approximate surface area is 340 Å². The van der Waals surface area contributed by atoms with Crippen molar-refractivity contribution >= 4 is 50.9 Å². The van der Waals surface area contributed by atoms with Gasteiger partial charge in [-0.3, -0.25) is 29.6 Å². The first-order valence-electron chi connectivity index (χ1n) is 20.7. The molecule has 304 valence electrons. The molecule has 4 saturated heterocycles. The number of aryl methyl sites for hydroxylation is 1. The maximum Gasteiger partial charge on any atom is 0.319 e. The number of pyridine rings is 1. The fourth-order valence-corrected chi connectivity index (χ4v) is 9.71. The van der Waals surface area contributed by atoms with E-state index in [1.807, 2.05) is 36.4 Å². The number of aromatic hydroxyl groups is 1.